The van der Waals surface area contributed by atoms with E-state index in [1.54, 1.807) is 0 Å². The third-order valence-electron chi connectivity index (χ3n) is 1.51. The minimum atomic E-state index is -0.184. The lowest BCUT2D eigenvalue weighted by Crippen LogP contribution is -2.05. The molecule has 0 aliphatic rings. The first-order valence-electron chi connectivity index (χ1n) is 3.76. The molecule has 0 saturated heterocycles. The van der Waals surface area contributed by atoms with E-state index < -0.39 is 0 Å². The number of aromatic nitrogens is 2. The summed E-state index contributed by atoms with van der Waals surface area (Å²) in [4.78, 5) is 19.0. The van der Waals surface area contributed by atoms with Crippen LogP contribution in [0.5, 0.6) is 11.9 Å². The number of nitrogens with zero attached hydrogens (tertiary/aromatic N) is 2. The maximum absolute atomic E-state index is 11.2. The Hall–Kier alpha value is -1.17. The molecule has 6 heteroatoms. The van der Waals surface area contributed by atoms with Crippen molar-refractivity contribution in [1.29, 1.82) is 0 Å². The quantitative estimate of drug-likeness (QED) is 0.771. The summed E-state index contributed by atoms with van der Waals surface area (Å²) in [7, 11) is 2.88. The molecular formula is C8H9BrN2O3. The van der Waals surface area contributed by atoms with Gasteiger partial charge in [-0.3, -0.25) is 4.79 Å². The fourth-order valence-electron chi connectivity index (χ4n) is 0.867. The fraction of sp³-hybridized carbons (Fsp3) is 0.375. The van der Waals surface area contributed by atoms with Crippen LogP contribution in [0.15, 0.2) is 4.47 Å². The molecule has 0 aliphatic heterocycles. The van der Waals surface area contributed by atoms with Crippen LogP contribution in [-0.4, -0.2) is 30.0 Å². The molecule has 1 rings (SSSR count). The lowest BCUT2D eigenvalue weighted by molar-refractivity contribution is 0.101. The number of rotatable bonds is 3. The maximum atomic E-state index is 11.2. The van der Waals surface area contributed by atoms with Crippen LogP contribution in [-0.2, 0) is 0 Å². The summed E-state index contributed by atoms with van der Waals surface area (Å²) in [5.41, 5.74) is 0.244. The van der Waals surface area contributed by atoms with Crippen LogP contribution in [0, 0.1) is 0 Å². The van der Waals surface area contributed by atoms with Gasteiger partial charge < -0.3 is 9.47 Å². The van der Waals surface area contributed by atoms with E-state index in [1.165, 1.54) is 21.1 Å². The third-order valence-corrected chi connectivity index (χ3v) is 2.22. The van der Waals surface area contributed by atoms with Crippen molar-refractivity contribution in [2.75, 3.05) is 14.2 Å². The van der Waals surface area contributed by atoms with Crippen LogP contribution >= 0.6 is 15.9 Å². The Bertz CT molecular complexity index is 368. The number of ketones is 1. The molecule has 1 aromatic heterocycles. The monoisotopic (exact) mass is 260 g/mol. The molecule has 0 saturated carbocycles. The first kappa shape index (κ1) is 10.9. The first-order chi connectivity index (χ1) is 6.60. The molecule has 5 nitrogen and oxygen atoms in total. The van der Waals surface area contributed by atoms with E-state index in [1.807, 2.05) is 0 Å². The standard InChI is InChI=1S/C8H9BrN2O3/c1-4(12)6-5(9)7(13-2)11-8(10-6)14-3/h1-3H3. The Balaban J connectivity index is 3.34. The van der Waals surface area contributed by atoms with Gasteiger partial charge in [0.15, 0.2) is 5.78 Å². The van der Waals surface area contributed by atoms with Crippen LogP contribution in [0.1, 0.15) is 17.4 Å². The molecular weight excluding hydrogens is 252 g/mol. The Kier molecular flexibility index (Phi) is 3.40. The summed E-state index contributed by atoms with van der Waals surface area (Å²) in [6.45, 7) is 1.41. The predicted octanol–water partition coefficient (Wildman–Crippen LogP) is 1.46. The van der Waals surface area contributed by atoms with Gasteiger partial charge in [0.1, 0.15) is 10.2 Å². The predicted molar refractivity (Wildman–Crippen MR) is 52.8 cm³/mol. The number of Topliss-reactive ketones (excluding diaryl/α,β-unsaturated/α-hetero) is 1. The Labute approximate surface area is 89.6 Å². The highest BCUT2D eigenvalue weighted by atomic mass is 79.9. The number of halogens is 1. The van der Waals surface area contributed by atoms with E-state index >= 15 is 0 Å². The lowest BCUT2D eigenvalue weighted by atomic mass is 10.3. The smallest absolute Gasteiger partial charge is 0.320 e. The van der Waals surface area contributed by atoms with E-state index in [-0.39, 0.29) is 23.4 Å². The van der Waals surface area contributed by atoms with Gasteiger partial charge in [-0.2, -0.15) is 9.97 Å². The van der Waals surface area contributed by atoms with Gasteiger partial charge in [0, 0.05) is 6.92 Å². The average Bonchev–Trinajstić information content (AvgIpc) is 2.17. The number of ether oxygens (including phenoxy) is 2. The first-order valence-corrected chi connectivity index (χ1v) is 4.56. The molecule has 0 radical (unpaired) electrons. The highest BCUT2D eigenvalue weighted by Crippen LogP contribution is 2.27. The van der Waals surface area contributed by atoms with E-state index in [2.05, 4.69) is 25.9 Å². The molecule has 0 unspecified atom stereocenters. The molecule has 14 heavy (non-hydrogen) atoms. The van der Waals surface area contributed by atoms with Gasteiger partial charge in [0.25, 0.3) is 0 Å². The number of hydrogen-bond acceptors (Lipinski definition) is 5. The summed E-state index contributed by atoms with van der Waals surface area (Å²) in [5.74, 6) is 0.0953. The maximum Gasteiger partial charge on any atom is 0.320 e. The second kappa shape index (κ2) is 4.36. The van der Waals surface area contributed by atoms with Gasteiger partial charge in [-0.15, -0.1) is 0 Å². The second-order valence-corrected chi connectivity index (χ2v) is 3.23. The Morgan fingerprint density at radius 2 is 1.93 bits per heavy atom. The van der Waals surface area contributed by atoms with Gasteiger partial charge in [-0.1, -0.05) is 0 Å². The third kappa shape index (κ3) is 2.01. The van der Waals surface area contributed by atoms with Crippen LogP contribution < -0.4 is 9.47 Å². The Morgan fingerprint density at radius 1 is 1.29 bits per heavy atom. The van der Waals surface area contributed by atoms with Crippen molar-refractivity contribution < 1.29 is 14.3 Å². The summed E-state index contributed by atoms with van der Waals surface area (Å²) in [6, 6.07) is 0.107. The zero-order valence-corrected chi connectivity index (χ0v) is 9.58. The minimum absolute atomic E-state index is 0.107. The SMILES string of the molecule is COc1nc(OC)c(Br)c(C(C)=O)n1. The summed E-state index contributed by atoms with van der Waals surface area (Å²) in [5, 5.41) is 0. The molecule has 0 fully saturated rings. The fourth-order valence-corrected chi connectivity index (χ4v) is 1.49. The van der Waals surface area contributed by atoms with Crippen molar-refractivity contribution in [1.82, 2.24) is 9.97 Å². The van der Waals surface area contributed by atoms with Crippen molar-refractivity contribution >= 4 is 21.7 Å². The number of methoxy groups -OCH3 is 2. The van der Waals surface area contributed by atoms with Crippen molar-refractivity contribution in [2.45, 2.75) is 6.92 Å². The zero-order valence-electron chi connectivity index (χ0n) is 8.00. The molecule has 0 N–H and O–H groups in total. The number of carbonyl (C=O) groups is 1. The summed E-state index contributed by atoms with van der Waals surface area (Å²) < 4.78 is 10.2. The van der Waals surface area contributed by atoms with Crippen molar-refractivity contribution in [3.8, 4) is 11.9 Å². The number of carbonyl (C=O) groups excluding carboxylic acids is 1. The zero-order chi connectivity index (χ0) is 10.7. The molecule has 1 heterocycles. The largest absolute Gasteiger partial charge is 0.480 e. The van der Waals surface area contributed by atoms with Crippen molar-refractivity contribution in [3.05, 3.63) is 10.2 Å². The van der Waals surface area contributed by atoms with Gasteiger partial charge in [-0.25, -0.2) is 0 Å². The van der Waals surface area contributed by atoms with Crippen molar-refractivity contribution in [3.63, 3.8) is 0 Å². The summed E-state index contributed by atoms with van der Waals surface area (Å²) in [6.07, 6.45) is 0. The highest BCUT2D eigenvalue weighted by molar-refractivity contribution is 9.10. The second-order valence-electron chi connectivity index (χ2n) is 2.44. The van der Waals surface area contributed by atoms with Crippen LogP contribution in [0.4, 0.5) is 0 Å². The van der Waals surface area contributed by atoms with Gasteiger partial charge in [0.05, 0.1) is 14.2 Å². The summed E-state index contributed by atoms with van der Waals surface area (Å²) >= 11 is 3.18. The van der Waals surface area contributed by atoms with Crippen LogP contribution in [0.2, 0.25) is 0 Å². The Morgan fingerprint density at radius 3 is 2.36 bits per heavy atom. The van der Waals surface area contributed by atoms with Gasteiger partial charge in [0.2, 0.25) is 5.88 Å². The van der Waals surface area contributed by atoms with E-state index in [9.17, 15) is 4.79 Å². The van der Waals surface area contributed by atoms with Crippen LogP contribution in [0.3, 0.4) is 0 Å². The molecule has 0 bridgehead atoms. The molecule has 0 spiro atoms. The average molecular weight is 261 g/mol. The van der Waals surface area contributed by atoms with E-state index in [0.29, 0.717) is 4.47 Å². The molecule has 76 valence electrons. The minimum Gasteiger partial charge on any atom is -0.480 e. The van der Waals surface area contributed by atoms with Gasteiger partial charge in [-0.05, 0) is 15.9 Å². The lowest BCUT2D eigenvalue weighted by Gasteiger charge is -2.06. The molecule has 0 atom stereocenters. The van der Waals surface area contributed by atoms with E-state index in [4.69, 9.17) is 9.47 Å². The molecule has 1 aromatic rings. The molecule has 0 aliphatic carbocycles. The van der Waals surface area contributed by atoms with E-state index in [0.717, 1.165) is 0 Å². The number of hydrogen-bond donors (Lipinski definition) is 0. The normalized spacial score (nSPS) is 9.71. The molecule has 0 amide bonds. The van der Waals surface area contributed by atoms with Crippen molar-refractivity contribution in [2.24, 2.45) is 0 Å². The highest BCUT2D eigenvalue weighted by Gasteiger charge is 2.16. The molecule has 0 aromatic carbocycles. The topological polar surface area (TPSA) is 61.3 Å². The van der Waals surface area contributed by atoms with Crippen LogP contribution in [0.25, 0.3) is 0 Å². The van der Waals surface area contributed by atoms with Gasteiger partial charge >= 0.3 is 6.01 Å².